The Morgan fingerprint density at radius 2 is 1.83 bits per heavy atom. The third kappa shape index (κ3) is 5.47. The van der Waals surface area contributed by atoms with Gasteiger partial charge in [0.05, 0.1) is 13.0 Å². The number of methoxy groups -OCH3 is 1. The number of carboxylic acid groups (broad SMARTS) is 1. The zero-order valence-electron chi connectivity index (χ0n) is 13.3. The average molecular weight is 321 g/mol. The second-order valence-electron chi connectivity index (χ2n) is 5.86. The van der Waals surface area contributed by atoms with Crippen LogP contribution in [0.15, 0.2) is 24.3 Å². The number of nitrogens with one attached hydrogen (secondary N) is 1. The summed E-state index contributed by atoms with van der Waals surface area (Å²) in [6, 6.07) is 7.33. The molecule has 6 heteroatoms. The van der Waals surface area contributed by atoms with Crippen molar-refractivity contribution in [2.45, 2.75) is 32.3 Å². The molecule has 126 valence electrons. The fourth-order valence-corrected chi connectivity index (χ4v) is 2.76. The number of aliphatic carboxylic acids is 1. The molecule has 2 N–H and O–H groups in total. The summed E-state index contributed by atoms with van der Waals surface area (Å²) >= 11 is 0. The molecule has 0 unspecified atom stereocenters. The highest BCUT2D eigenvalue weighted by Crippen LogP contribution is 2.28. The van der Waals surface area contributed by atoms with Crippen molar-refractivity contribution in [3.05, 3.63) is 29.8 Å². The van der Waals surface area contributed by atoms with Crippen molar-refractivity contribution in [1.82, 2.24) is 5.32 Å². The molecule has 1 saturated carbocycles. The topological polar surface area (TPSA) is 84.9 Å². The molecule has 1 aliphatic carbocycles. The number of carboxylic acids is 1. The molecule has 1 aromatic carbocycles. The number of hydrogen-bond acceptors (Lipinski definition) is 4. The molecule has 23 heavy (non-hydrogen) atoms. The lowest BCUT2D eigenvalue weighted by atomic mass is 9.82. The largest absolute Gasteiger partial charge is 0.497 e. The van der Waals surface area contributed by atoms with Crippen molar-refractivity contribution in [2.75, 3.05) is 13.7 Å². The van der Waals surface area contributed by atoms with Gasteiger partial charge in [0, 0.05) is 6.54 Å². The lowest BCUT2D eigenvalue weighted by Crippen LogP contribution is -2.32. The van der Waals surface area contributed by atoms with E-state index in [2.05, 4.69) is 5.32 Å². The van der Waals surface area contributed by atoms with Gasteiger partial charge in [-0.1, -0.05) is 12.1 Å². The van der Waals surface area contributed by atoms with Crippen molar-refractivity contribution in [2.24, 2.45) is 11.8 Å². The lowest BCUT2D eigenvalue weighted by molar-refractivity contribution is -0.143. The van der Waals surface area contributed by atoms with Gasteiger partial charge in [0.2, 0.25) is 0 Å². The molecule has 1 fully saturated rings. The second-order valence-corrected chi connectivity index (χ2v) is 5.86. The SMILES string of the molecule is COc1ccc(COC(=O)NCC2CCC(C(=O)O)CC2)cc1. The molecule has 1 aliphatic rings. The van der Waals surface area contributed by atoms with Crippen LogP contribution in [0.3, 0.4) is 0 Å². The van der Waals surface area contributed by atoms with E-state index in [1.54, 1.807) is 7.11 Å². The van der Waals surface area contributed by atoms with E-state index in [0.717, 1.165) is 24.2 Å². The van der Waals surface area contributed by atoms with Gasteiger partial charge in [0.1, 0.15) is 12.4 Å². The Balaban J connectivity index is 1.64. The van der Waals surface area contributed by atoms with Crippen LogP contribution in [0.5, 0.6) is 5.75 Å². The van der Waals surface area contributed by atoms with E-state index < -0.39 is 12.1 Å². The average Bonchev–Trinajstić information content (AvgIpc) is 2.59. The van der Waals surface area contributed by atoms with Crippen LogP contribution in [0.1, 0.15) is 31.2 Å². The number of amides is 1. The molecule has 0 aliphatic heterocycles. The van der Waals surface area contributed by atoms with Crippen LogP contribution in [0.25, 0.3) is 0 Å². The Morgan fingerprint density at radius 1 is 1.17 bits per heavy atom. The highest BCUT2D eigenvalue weighted by molar-refractivity contribution is 5.70. The van der Waals surface area contributed by atoms with Gasteiger partial charge in [0.25, 0.3) is 0 Å². The van der Waals surface area contributed by atoms with Gasteiger partial charge < -0.3 is 19.9 Å². The Bertz CT molecular complexity index is 520. The van der Waals surface area contributed by atoms with E-state index in [1.807, 2.05) is 24.3 Å². The van der Waals surface area contributed by atoms with Crippen molar-refractivity contribution in [1.29, 1.82) is 0 Å². The van der Waals surface area contributed by atoms with Gasteiger partial charge in [-0.15, -0.1) is 0 Å². The van der Waals surface area contributed by atoms with Gasteiger partial charge in [0.15, 0.2) is 0 Å². The van der Waals surface area contributed by atoms with Gasteiger partial charge in [-0.2, -0.15) is 0 Å². The third-order valence-electron chi connectivity index (χ3n) is 4.26. The van der Waals surface area contributed by atoms with Crippen molar-refractivity contribution in [3.8, 4) is 5.75 Å². The zero-order valence-corrected chi connectivity index (χ0v) is 13.3. The van der Waals surface area contributed by atoms with Gasteiger partial charge in [-0.25, -0.2) is 4.79 Å². The summed E-state index contributed by atoms with van der Waals surface area (Å²) in [5, 5.41) is 11.7. The van der Waals surface area contributed by atoms with Gasteiger partial charge in [-0.05, 0) is 49.3 Å². The first kappa shape index (κ1) is 17.1. The van der Waals surface area contributed by atoms with Crippen LogP contribution < -0.4 is 10.1 Å². The van der Waals surface area contributed by atoms with Crippen molar-refractivity contribution in [3.63, 3.8) is 0 Å². The normalized spacial score (nSPS) is 20.6. The molecule has 1 amide bonds. The van der Waals surface area contributed by atoms with E-state index in [4.69, 9.17) is 14.6 Å². The van der Waals surface area contributed by atoms with E-state index in [0.29, 0.717) is 25.3 Å². The minimum atomic E-state index is -0.713. The predicted molar refractivity (Wildman–Crippen MR) is 84.3 cm³/mol. The Kier molecular flexibility index (Phi) is 6.26. The van der Waals surface area contributed by atoms with Gasteiger partial charge >= 0.3 is 12.1 Å². The van der Waals surface area contributed by atoms with Crippen LogP contribution in [-0.4, -0.2) is 30.8 Å². The molecule has 6 nitrogen and oxygen atoms in total. The second kappa shape index (κ2) is 8.41. The first-order chi connectivity index (χ1) is 11.1. The maximum absolute atomic E-state index is 11.7. The number of carbonyl (C=O) groups excluding carboxylic acids is 1. The van der Waals surface area contributed by atoms with Crippen LogP contribution >= 0.6 is 0 Å². The van der Waals surface area contributed by atoms with E-state index in [9.17, 15) is 9.59 Å². The highest BCUT2D eigenvalue weighted by atomic mass is 16.5. The number of carbonyl (C=O) groups is 2. The number of benzene rings is 1. The summed E-state index contributed by atoms with van der Waals surface area (Å²) in [5.41, 5.74) is 0.892. The zero-order chi connectivity index (χ0) is 16.7. The molecule has 1 aromatic rings. The van der Waals surface area contributed by atoms with Crippen LogP contribution in [-0.2, 0) is 16.1 Å². The summed E-state index contributed by atoms with van der Waals surface area (Å²) in [7, 11) is 1.60. The smallest absolute Gasteiger partial charge is 0.407 e. The summed E-state index contributed by atoms with van der Waals surface area (Å²) in [6.45, 7) is 0.745. The minimum absolute atomic E-state index is 0.210. The minimum Gasteiger partial charge on any atom is -0.497 e. The molecule has 0 aromatic heterocycles. The summed E-state index contributed by atoms with van der Waals surface area (Å²) in [5.74, 6) is 0.151. The quantitative estimate of drug-likeness (QED) is 0.841. The molecule has 0 radical (unpaired) electrons. The Morgan fingerprint density at radius 3 is 2.39 bits per heavy atom. The summed E-state index contributed by atoms with van der Waals surface area (Å²) < 4.78 is 10.2. The number of alkyl carbamates (subject to hydrolysis) is 1. The maximum Gasteiger partial charge on any atom is 0.407 e. The molecular formula is C17H23NO5. The Hall–Kier alpha value is -2.24. The van der Waals surface area contributed by atoms with E-state index >= 15 is 0 Å². The van der Waals surface area contributed by atoms with E-state index in [-0.39, 0.29) is 12.5 Å². The lowest BCUT2D eigenvalue weighted by Gasteiger charge is -2.25. The van der Waals surface area contributed by atoms with Crippen LogP contribution in [0, 0.1) is 11.8 Å². The van der Waals surface area contributed by atoms with Crippen LogP contribution in [0.4, 0.5) is 4.79 Å². The molecule has 0 spiro atoms. The number of ether oxygens (including phenoxy) is 2. The number of hydrogen-bond donors (Lipinski definition) is 2. The molecule has 2 rings (SSSR count). The molecule has 0 heterocycles. The number of rotatable bonds is 6. The van der Waals surface area contributed by atoms with Gasteiger partial charge in [-0.3, -0.25) is 4.79 Å². The predicted octanol–water partition coefficient (Wildman–Crippen LogP) is 2.81. The van der Waals surface area contributed by atoms with Crippen molar-refractivity contribution < 1.29 is 24.2 Å². The first-order valence-electron chi connectivity index (χ1n) is 7.85. The molecule has 0 saturated heterocycles. The fourth-order valence-electron chi connectivity index (χ4n) is 2.76. The molecular weight excluding hydrogens is 298 g/mol. The summed E-state index contributed by atoms with van der Waals surface area (Å²) in [4.78, 5) is 22.6. The highest BCUT2D eigenvalue weighted by Gasteiger charge is 2.26. The summed E-state index contributed by atoms with van der Waals surface area (Å²) in [6.07, 6.45) is 2.58. The van der Waals surface area contributed by atoms with E-state index in [1.165, 1.54) is 0 Å². The third-order valence-corrected chi connectivity index (χ3v) is 4.26. The maximum atomic E-state index is 11.7. The Labute approximate surface area is 135 Å². The van der Waals surface area contributed by atoms with Crippen LogP contribution in [0.2, 0.25) is 0 Å². The molecule has 0 atom stereocenters. The fraction of sp³-hybridized carbons (Fsp3) is 0.529. The van der Waals surface area contributed by atoms with Crippen molar-refractivity contribution >= 4 is 12.1 Å². The standard InChI is InChI=1S/C17H23NO5/c1-22-15-8-4-13(5-9-15)11-23-17(21)18-10-12-2-6-14(7-3-12)16(19)20/h4-5,8-9,12,14H,2-3,6-7,10-11H2,1H3,(H,18,21)(H,19,20). The first-order valence-corrected chi connectivity index (χ1v) is 7.85. The molecule has 0 bridgehead atoms. The monoisotopic (exact) mass is 321 g/mol.